The summed E-state index contributed by atoms with van der Waals surface area (Å²) in [6, 6.07) is 11.5. The monoisotopic (exact) mass is 452 g/mol. The van der Waals surface area contributed by atoms with E-state index >= 15 is 0 Å². The van der Waals surface area contributed by atoms with Crippen molar-refractivity contribution < 1.29 is 26.4 Å². The van der Waals surface area contributed by atoms with E-state index in [4.69, 9.17) is 0 Å². The first-order chi connectivity index (χ1) is 14.7. The van der Waals surface area contributed by atoms with Crippen LogP contribution in [-0.4, -0.2) is 38.2 Å². The molecule has 0 unspecified atom stereocenters. The number of rotatable bonds is 3. The Bertz CT molecular complexity index is 1140. The molecule has 4 rings (SSSR count). The Labute approximate surface area is 177 Å². The van der Waals surface area contributed by atoms with Gasteiger partial charge in [-0.15, -0.1) is 4.40 Å². The zero-order valence-electron chi connectivity index (χ0n) is 16.2. The Kier molecular flexibility index (Phi) is 5.38. The highest BCUT2D eigenvalue weighted by Gasteiger charge is 2.35. The molecule has 0 atom stereocenters. The quantitative estimate of drug-likeness (QED) is 0.699. The third kappa shape index (κ3) is 4.22. The summed E-state index contributed by atoms with van der Waals surface area (Å²) in [5.74, 6) is -0.472. The van der Waals surface area contributed by atoms with Crippen LogP contribution in [0.1, 0.15) is 24.0 Å². The number of para-hydroxylation sites is 1. The second kappa shape index (κ2) is 7.88. The van der Waals surface area contributed by atoms with Gasteiger partial charge in [0, 0.05) is 24.6 Å². The molecule has 2 aliphatic heterocycles. The summed E-state index contributed by atoms with van der Waals surface area (Å²) in [7, 11) is -3.72. The molecule has 164 valence electrons. The number of likely N-dealkylation sites (tertiary alicyclic amines) is 1. The van der Waals surface area contributed by atoms with Crippen molar-refractivity contribution in [3.05, 3.63) is 59.7 Å². The first-order valence-electron chi connectivity index (χ1n) is 9.58. The van der Waals surface area contributed by atoms with Crippen LogP contribution < -0.4 is 10.9 Å². The number of nitrogens with one attached hydrogen (secondary N) is 2. The predicted octanol–water partition coefficient (Wildman–Crippen LogP) is 3.01. The molecule has 31 heavy (non-hydrogen) atoms. The molecule has 0 bridgehead atoms. The molecule has 7 nitrogen and oxygen atoms in total. The van der Waals surface area contributed by atoms with Gasteiger partial charge in [0.25, 0.3) is 10.0 Å². The largest absolute Gasteiger partial charge is 0.418 e. The zero-order chi connectivity index (χ0) is 22.2. The van der Waals surface area contributed by atoms with Gasteiger partial charge in [-0.25, -0.2) is 0 Å². The number of carbonyl (C=O) groups is 1. The van der Waals surface area contributed by atoms with Crippen LogP contribution >= 0.6 is 0 Å². The van der Waals surface area contributed by atoms with Gasteiger partial charge < -0.3 is 4.90 Å². The Balaban J connectivity index is 1.38. The minimum absolute atomic E-state index is 0.164. The van der Waals surface area contributed by atoms with E-state index in [-0.39, 0.29) is 10.6 Å². The topological polar surface area (TPSA) is 90.9 Å². The highest BCUT2D eigenvalue weighted by atomic mass is 32.2. The van der Waals surface area contributed by atoms with Crippen molar-refractivity contribution in [3.8, 4) is 0 Å². The summed E-state index contributed by atoms with van der Waals surface area (Å²) >= 11 is 0. The van der Waals surface area contributed by atoms with Crippen molar-refractivity contribution in [2.24, 2.45) is 10.3 Å². The second-order valence-corrected chi connectivity index (χ2v) is 8.88. The maximum Gasteiger partial charge on any atom is 0.418 e. The third-order valence-corrected chi connectivity index (χ3v) is 6.66. The van der Waals surface area contributed by atoms with Crippen molar-refractivity contribution >= 4 is 27.5 Å². The summed E-state index contributed by atoms with van der Waals surface area (Å²) in [5.41, 5.74) is 4.16. The molecule has 0 aliphatic carbocycles. The summed E-state index contributed by atoms with van der Waals surface area (Å²) in [4.78, 5) is 14.4. The number of alkyl halides is 3. The van der Waals surface area contributed by atoms with Gasteiger partial charge in [-0.3, -0.25) is 15.6 Å². The number of nitrogens with zero attached hydrogens (tertiary/aromatic N) is 2. The van der Waals surface area contributed by atoms with Crippen LogP contribution in [0.5, 0.6) is 0 Å². The maximum atomic E-state index is 13.1. The average Bonchev–Trinajstić information content (AvgIpc) is 3.03. The number of sulfonamides is 1. The Morgan fingerprint density at radius 3 is 2.39 bits per heavy atom. The van der Waals surface area contributed by atoms with Gasteiger partial charge in [-0.2, -0.15) is 21.6 Å². The number of anilines is 1. The first-order valence-corrected chi connectivity index (χ1v) is 11.0. The van der Waals surface area contributed by atoms with Crippen LogP contribution in [0, 0.1) is 5.92 Å². The summed E-state index contributed by atoms with van der Waals surface area (Å²) in [5, 5.41) is 0. The Morgan fingerprint density at radius 2 is 1.68 bits per heavy atom. The van der Waals surface area contributed by atoms with E-state index in [0.29, 0.717) is 37.3 Å². The van der Waals surface area contributed by atoms with Crippen LogP contribution in [-0.2, 0) is 21.0 Å². The molecule has 11 heteroatoms. The highest BCUT2D eigenvalue weighted by Crippen LogP contribution is 2.34. The van der Waals surface area contributed by atoms with Crippen molar-refractivity contribution in [2.75, 3.05) is 18.5 Å². The maximum absolute atomic E-state index is 13.1. The van der Waals surface area contributed by atoms with Crippen LogP contribution in [0.4, 0.5) is 18.9 Å². The number of hydrogen-bond donors (Lipinski definition) is 2. The van der Waals surface area contributed by atoms with Crippen molar-refractivity contribution in [1.29, 1.82) is 0 Å². The number of amidine groups is 1. The number of fused-ring (bicyclic) bond motifs is 1. The van der Waals surface area contributed by atoms with Gasteiger partial charge in [0.05, 0.1) is 11.3 Å². The molecular formula is C20H19F3N4O3S. The molecule has 2 aliphatic rings. The standard InChI is InChI=1S/C20H19F3N4O3S/c21-20(22,23)15-6-2-3-7-16(15)24-25-19(28)13-9-11-27(12-10-13)18-14-5-1-4-8-17(14)31(29,30)26-18/h1-8,13,24H,9-12H2,(H,25,28). The molecule has 2 heterocycles. The molecule has 1 fully saturated rings. The van der Waals surface area contributed by atoms with Gasteiger partial charge in [-0.05, 0) is 37.1 Å². The minimum atomic E-state index is -4.54. The van der Waals surface area contributed by atoms with Gasteiger partial charge in [0.15, 0.2) is 5.84 Å². The molecular weight excluding hydrogens is 433 g/mol. The lowest BCUT2D eigenvalue weighted by Crippen LogP contribution is -2.44. The minimum Gasteiger partial charge on any atom is -0.355 e. The zero-order valence-corrected chi connectivity index (χ0v) is 17.0. The highest BCUT2D eigenvalue weighted by molar-refractivity contribution is 7.90. The van der Waals surface area contributed by atoms with Crippen molar-refractivity contribution in [1.82, 2.24) is 10.3 Å². The molecule has 0 spiro atoms. The first kappa shape index (κ1) is 21.2. The summed E-state index contributed by atoms with van der Waals surface area (Å²) in [6.45, 7) is 0.805. The van der Waals surface area contributed by atoms with Crippen LogP contribution in [0.3, 0.4) is 0 Å². The fourth-order valence-electron chi connectivity index (χ4n) is 3.74. The van der Waals surface area contributed by atoms with Crippen molar-refractivity contribution in [2.45, 2.75) is 23.9 Å². The average molecular weight is 452 g/mol. The molecule has 1 amide bonds. The molecule has 1 saturated heterocycles. The number of benzene rings is 2. The van der Waals surface area contributed by atoms with E-state index in [1.54, 1.807) is 18.2 Å². The van der Waals surface area contributed by atoms with E-state index in [1.165, 1.54) is 24.3 Å². The lowest BCUT2D eigenvalue weighted by molar-refractivity contribution is -0.137. The number of halogens is 3. The third-order valence-electron chi connectivity index (χ3n) is 5.33. The molecule has 2 aromatic carbocycles. The molecule has 0 aromatic heterocycles. The summed E-state index contributed by atoms with van der Waals surface area (Å²) in [6.07, 6.45) is -3.72. The van der Waals surface area contributed by atoms with Gasteiger partial charge in [-0.1, -0.05) is 24.3 Å². The number of hydrazine groups is 1. The fourth-order valence-corrected chi connectivity index (χ4v) is 4.97. The number of amides is 1. The molecule has 0 radical (unpaired) electrons. The number of piperidine rings is 1. The Morgan fingerprint density at radius 1 is 1.03 bits per heavy atom. The molecule has 0 saturated carbocycles. The summed E-state index contributed by atoms with van der Waals surface area (Å²) < 4.78 is 67.5. The van der Waals surface area contributed by atoms with E-state index in [1.807, 2.05) is 4.90 Å². The van der Waals surface area contributed by atoms with Gasteiger partial charge >= 0.3 is 6.18 Å². The lowest BCUT2D eigenvalue weighted by atomic mass is 9.95. The van der Waals surface area contributed by atoms with Gasteiger partial charge in [0.1, 0.15) is 4.90 Å². The second-order valence-electron chi connectivity index (χ2n) is 7.31. The smallest absolute Gasteiger partial charge is 0.355 e. The number of hydrogen-bond acceptors (Lipinski definition) is 5. The van der Waals surface area contributed by atoms with E-state index in [0.717, 1.165) is 6.07 Å². The van der Waals surface area contributed by atoms with Crippen molar-refractivity contribution in [3.63, 3.8) is 0 Å². The molecule has 2 N–H and O–H groups in total. The van der Waals surface area contributed by atoms with Crippen LogP contribution in [0.25, 0.3) is 0 Å². The van der Waals surface area contributed by atoms with E-state index in [9.17, 15) is 26.4 Å². The SMILES string of the molecule is O=C(NNc1ccccc1C(F)(F)F)C1CCN(C2=NS(=O)(=O)c3ccccc32)CC1. The predicted molar refractivity (Wildman–Crippen MR) is 108 cm³/mol. The van der Waals surface area contributed by atoms with Gasteiger partial charge in [0.2, 0.25) is 5.91 Å². The lowest BCUT2D eigenvalue weighted by Gasteiger charge is -2.32. The number of carbonyl (C=O) groups excluding carboxylic acids is 1. The normalized spacial score (nSPS) is 18.3. The fraction of sp³-hybridized carbons (Fsp3) is 0.300. The Hall–Kier alpha value is -3.08. The van der Waals surface area contributed by atoms with E-state index in [2.05, 4.69) is 15.2 Å². The van der Waals surface area contributed by atoms with Crippen LogP contribution in [0.2, 0.25) is 0 Å². The van der Waals surface area contributed by atoms with Crippen LogP contribution in [0.15, 0.2) is 57.8 Å². The molecule has 2 aromatic rings. The van der Waals surface area contributed by atoms with E-state index < -0.39 is 33.6 Å².